The van der Waals surface area contributed by atoms with Crippen LogP contribution in [0.15, 0.2) is 17.7 Å². The number of halogens is 2. The van der Waals surface area contributed by atoms with Crippen LogP contribution in [0.2, 0.25) is 5.02 Å². The van der Waals surface area contributed by atoms with Crippen LogP contribution in [0.1, 0.15) is 19.4 Å². The van der Waals surface area contributed by atoms with E-state index in [-0.39, 0.29) is 0 Å². The molecule has 0 N–H and O–H groups in total. The van der Waals surface area contributed by atoms with Crippen molar-refractivity contribution in [2.24, 2.45) is 5.92 Å². The molecule has 0 aromatic heterocycles. The van der Waals surface area contributed by atoms with Gasteiger partial charge in [0.15, 0.2) is 11.5 Å². The zero-order valence-corrected chi connectivity index (χ0v) is 12.8. The molecule has 1 aromatic rings. The molecule has 0 fully saturated rings. The third kappa shape index (κ3) is 3.01. The Balaban J connectivity index is 2.38. The van der Waals surface area contributed by atoms with Gasteiger partial charge in [0, 0.05) is 5.33 Å². The molecule has 0 saturated heterocycles. The van der Waals surface area contributed by atoms with Gasteiger partial charge in [-0.1, -0.05) is 53.0 Å². The highest BCUT2D eigenvalue weighted by atomic mass is 79.9. The van der Waals surface area contributed by atoms with Crippen molar-refractivity contribution in [1.29, 1.82) is 0 Å². The highest BCUT2D eigenvalue weighted by Crippen LogP contribution is 2.39. The van der Waals surface area contributed by atoms with Crippen LogP contribution in [0.3, 0.4) is 0 Å². The Labute approximate surface area is 121 Å². The number of benzene rings is 1. The van der Waals surface area contributed by atoms with E-state index in [2.05, 4.69) is 35.9 Å². The minimum Gasteiger partial charge on any atom is -0.486 e. The van der Waals surface area contributed by atoms with E-state index >= 15 is 0 Å². The Morgan fingerprint density at radius 2 is 2.11 bits per heavy atom. The predicted molar refractivity (Wildman–Crippen MR) is 79.1 cm³/mol. The van der Waals surface area contributed by atoms with Gasteiger partial charge in [-0.15, -0.1) is 0 Å². The molecule has 98 valence electrons. The Morgan fingerprint density at radius 1 is 1.39 bits per heavy atom. The van der Waals surface area contributed by atoms with Crippen LogP contribution in [-0.4, -0.2) is 18.5 Å². The maximum absolute atomic E-state index is 6.21. The maximum atomic E-state index is 6.21. The van der Waals surface area contributed by atoms with Crippen LogP contribution in [0.5, 0.6) is 11.5 Å². The molecule has 2 rings (SSSR count). The third-order valence-electron chi connectivity index (χ3n) is 2.87. The largest absolute Gasteiger partial charge is 0.486 e. The summed E-state index contributed by atoms with van der Waals surface area (Å²) in [4.78, 5) is 0. The molecule has 1 aromatic carbocycles. The molecule has 2 nitrogen and oxygen atoms in total. The fraction of sp³-hybridized carbons (Fsp3) is 0.429. The van der Waals surface area contributed by atoms with Gasteiger partial charge in [0.2, 0.25) is 0 Å². The van der Waals surface area contributed by atoms with Gasteiger partial charge in [0.05, 0.1) is 5.02 Å². The molecule has 4 heteroatoms. The molecular weight excluding hydrogens is 316 g/mol. The lowest BCUT2D eigenvalue weighted by Crippen LogP contribution is -2.15. The number of allylic oxidation sites excluding steroid dienone is 1. The van der Waals surface area contributed by atoms with Gasteiger partial charge < -0.3 is 9.47 Å². The molecule has 18 heavy (non-hydrogen) atoms. The number of rotatable bonds is 3. The Hall–Kier alpha value is -0.670. The van der Waals surface area contributed by atoms with Crippen molar-refractivity contribution < 1.29 is 9.47 Å². The monoisotopic (exact) mass is 330 g/mol. The highest BCUT2D eigenvalue weighted by Gasteiger charge is 2.16. The van der Waals surface area contributed by atoms with E-state index in [1.165, 1.54) is 5.57 Å². The van der Waals surface area contributed by atoms with Gasteiger partial charge in [-0.3, -0.25) is 0 Å². The minimum absolute atomic E-state index is 0.497. The van der Waals surface area contributed by atoms with Crippen molar-refractivity contribution in [3.63, 3.8) is 0 Å². The summed E-state index contributed by atoms with van der Waals surface area (Å²) in [6.45, 7) is 5.48. The number of alkyl halides is 1. The van der Waals surface area contributed by atoms with Crippen molar-refractivity contribution in [3.05, 3.63) is 28.3 Å². The lowest BCUT2D eigenvalue weighted by molar-refractivity contribution is 0.171. The Morgan fingerprint density at radius 3 is 2.78 bits per heavy atom. The molecule has 1 aliphatic rings. The SMILES string of the molecule is CC(C)C(=Cc1cc(Cl)c2c(c1)OCCO2)CBr. The van der Waals surface area contributed by atoms with Crippen LogP contribution in [0.25, 0.3) is 6.08 Å². The molecule has 0 saturated carbocycles. The topological polar surface area (TPSA) is 18.5 Å². The van der Waals surface area contributed by atoms with E-state index in [4.69, 9.17) is 21.1 Å². The molecule has 1 heterocycles. The van der Waals surface area contributed by atoms with Crippen molar-refractivity contribution in [3.8, 4) is 11.5 Å². The van der Waals surface area contributed by atoms with Crippen molar-refractivity contribution in [2.75, 3.05) is 18.5 Å². The Bertz CT molecular complexity index is 469. The molecule has 1 aliphatic heterocycles. The second-order valence-electron chi connectivity index (χ2n) is 4.53. The van der Waals surface area contributed by atoms with Crippen LogP contribution in [0, 0.1) is 5.92 Å². The van der Waals surface area contributed by atoms with Gasteiger partial charge in [0.25, 0.3) is 0 Å². The summed E-state index contributed by atoms with van der Waals surface area (Å²) >= 11 is 9.72. The van der Waals surface area contributed by atoms with Gasteiger partial charge in [0.1, 0.15) is 13.2 Å². The van der Waals surface area contributed by atoms with Gasteiger partial charge in [-0.2, -0.15) is 0 Å². The fourth-order valence-electron chi connectivity index (χ4n) is 1.79. The van der Waals surface area contributed by atoms with E-state index in [1.54, 1.807) is 0 Å². The second kappa shape index (κ2) is 5.98. The fourth-order valence-corrected chi connectivity index (χ4v) is 2.87. The molecule has 0 spiro atoms. The van der Waals surface area contributed by atoms with Gasteiger partial charge in [-0.05, 0) is 23.6 Å². The smallest absolute Gasteiger partial charge is 0.179 e. The quantitative estimate of drug-likeness (QED) is 0.757. The van der Waals surface area contributed by atoms with Crippen LogP contribution < -0.4 is 9.47 Å². The predicted octanol–water partition coefficient (Wildman–Crippen LogP) is 4.55. The highest BCUT2D eigenvalue weighted by molar-refractivity contribution is 9.09. The molecule has 0 bridgehead atoms. The summed E-state index contributed by atoms with van der Waals surface area (Å²) in [5.41, 5.74) is 2.37. The third-order valence-corrected chi connectivity index (χ3v) is 3.80. The van der Waals surface area contributed by atoms with Crippen molar-refractivity contribution in [1.82, 2.24) is 0 Å². The van der Waals surface area contributed by atoms with E-state index in [9.17, 15) is 0 Å². The number of fused-ring (bicyclic) bond motifs is 1. The molecule has 0 amide bonds. The summed E-state index contributed by atoms with van der Waals surface area (Å²) < 4.78 is 11.1. The summed E-state index contributed by atoms with van der Waals surface area (Å²) in [6.07, 6.45) is 2.14. The zero-order chi connectivity index (χ0) is 13.1. The van der Waals surface area contributed by atoms with Crippen LogP contribution in [0.4, 0.5) is 0 Å². The van der Waals surface area contributed by atoms with Crippen LogP contribution >= 0.6 is 27.5 Å². The average Bonchev–Trinajstić information content (AvgIpc) is 2.35. The standard InChI is InChI=1S/C14H16BrClO2/c1-9(2)11(8-15)5-10-6-12(16)14-13(7-10)17-3-4-18-14/h5-7,9H,3-4,8H2,1-2H3. The first-order valence-electron chi connectivity index (χ1n) is 5.97. The first kappa shape index (κ1) is 13.8. The number of hydrogen-bond acceptors (Lipinski definition) is 2. The average molecular weight is 332 g/mol. The molecule has 0 radical (unpaired) electrons. The summed E-state index contributed by atoms with van der Waals surface area (Å²) in [6, 6.07) is 3.89. The second-order valence-corrected chi connectivity index (χ2v) is 5.50. The summed E-state index contributed by atoms with van der Waals surface area (Å²) in [7, 11) is 0. The van der Waals surface area contributed by atoms with Gasteiger partial charge in [-0.25, -0.2) is 0 Å². The Kier molecular flexibility index (Phi) is 4.57. The zero-order valence-electron chi connectivity index (χ0n) is 10.5. The molecular formula is C14H16BrClO2. The maximum Gasteiger partial charge on any atom is 0.179 e. The first-order valence-corrected chi connectivity index (χ1v) is 7.47. The van der Waals surface area contributed by atoms with E-state index < -0.39 is 0 Å². The van der Waals surface area contributed by atoms with E-state index in [0.717, 1.165) is 16.6 Å². The summed E-state index contributed by atoms with van der Waals surface area (Å²) in [5, 5.41) is 1.47. The van der Waals surface area contributed by atoms with Crippen molar-refractivity contribution >= 4 is 33.6 Å². The molecule has 0 aliphatic carbocycles. The van der Waals surface area contributed by atoms with Crippen LogP contribution in [-0.2, 0) is 0 Å². The molecule has 0 unspecified atom stereocenters. The van der Waals surface area contributed by atoms with Crippen molar-refractivity contribution in [2.45, 2.75) is 13.8 Å². The summed E-state index contributed by atoms with van der Waals surface area (Å²) in [5.74, 6) is 1.89. The first-order chi connectivity index (χ1) is 8.61. The van der Waals surface area contributed by atoms with E-state index in [0.29, 0.717) is 29.9 Å². The van der Waals surface area contributed by atoms with Gasteiger partial charge >= 0.3 is 0 Å². The number of hydrogen-bond donors (Lipinski definition) is 0. The lowest BCUT2D eigenvalue weighted by Gasteiger charge is -2.20. The van der Waals surface area contributed by atoms with E-state index in [1.807, 2.05) is 12.1 Å². The lowest BCUT2D eigenvalue weighted by atomic mass is 10.0. The minimum atomic E-state index is 0.497. The normalized spacial score (nSPS) is 15.1. The number of ether oxygens (including phenoxy) is 2. The molecule has 0 atom stereocenters.